The Hall–Kier alpha value is -1.86. The van der Waals surface area contributed by atoms with Crippen LogP contribution in [0.3, 0.4) is 0 Å². The molecule has 11 nitrogen and oxygen atoms in total. The Balaban J connectivity index is 0.00000320. The minimum Gasteiger partial charge on any atom is -0.444 e. The fourth-order valence-corrected chi connectivity index (χ4v) is 4.20. The van der Waals surface area contributed by atoms with Crippen LogP contribution in [0.15, 0.2) is 24.3 Å². The van der Waals surface area contributed by atoms with Crippen molar-refractivity contribution in [2.45, 2.75) is 44.9 Å². The topological polar surface area (TPSA) is 145 Å². The number of fused-ring (bicyclic) bond motifs is 1. The van der Waals surface area contributed by atoms with Gasteiger partial charge < -0.3 is 15.0 Å². The van der Waals surface area contributed by atoms with E-state index in [9.17, 15) is 22.8 Å². The van der Waals surface area contributed by atoms with Crippen molar-refractivity contribution < 1.29 is 32.1 Å². The molecule has 30 heavy (non-hydrogen) atoms. The van der Waals surface area contributed by atoms with Gasteiger partial charge in [0.15, 0.2) is 0 Å². The van der Waals surface area contributed by atoms with Crippen LogP contribution in [-0.4, -0.2) is 94.0 Å². The molecule has 1 radical (unpaired) electrons. The average molecular weight is 449 g/mol. The third-order valence-corrected chi connectivity index (χ3v) is 5.38. The minimum absolute atomic E-state index is 0. The fourth-order valence-electron chi connectivity index (χ4n) is 3.30. The molecule has 2 saturated heterocycles. The van der Waals surface area contributed by atoms with E-state index in [1.54, 1.807) is 45.0 Å². The summed E-state index contributed by atoms with van der Waals surface area (Å²) in [6, 6.07) is 4.04. The SMILES string of the molecule is CC(C)(C)OC(=O)Nc1ccc(NC(=O)N2CC[C@@H]3[C@H]2C(=O)N3S(=O)(=O)O)cc1.[Na]. The van der Waals surface area contributed by atoms with Crippen LogP contribution >= 0.6 is 0 Å². The van der Waals surface area contributed by atoms with Crippen molar-refractivity contribution in [2.75, 3.05) is 17.2 Å². The summed E-state index contributed by atoms with van der Waals surface area (Å²) >= 11 is 0. The van der Waals surface area contributed by atoms with Gasteiger partial charge in [-0.2, -0.15) is 8.42 Å². The third kappa shape index (κ3) is 5.24. The number of likely N-dealkylation sites (tertiary alicyclic amines) is 1. The summed E-state index contributed by atoms with van der Waals surface area (Å²) in [5.74, 6) is -0.831. The molecule has 1 aromatic carbocycles. The number of amides is 4. The predicted molar refractivity (Wildman–Crippen MR) is 108 cm³/mol. The van der Waals surface area contributed by atoms with Crippen molar-refractivity contribution in [3.63, 3.8) is 0 Å². The maximum Gasteiger partial charge on any atom is 0.412 e. The number of β-lactam (4-membered cyclic amide) rings is 1. The number of hydrogen-bond donors (Lipinski definition) is 3. The summed E-state index contributed by atoms with van der Waals surface area (Å²) in [7, 11) is -4.62. The molecule has 1 aromatic rings. The number of nitrogens with zero attached hydrogens (tertiary/aromatic N) is 2. The predicted octanol–water partition coefficient (Wildman–Crippen LogP) is 1.27. The number of ether oxygens (including phenoxy) is 1. The number of urea groups is 1. The van der Waals surface area contributed by atoms with Gasteiger partial charge in [-0.05, 0) is 51.5 Å². The average Bonchev–Trinajstić information content (AvgIpc) is 2.92. The zero-order chi connectivity index (χ0) is 21.6. The Bertz CT molecular complexity index is 946. The number of hydrogen-bond acceptors (Lipinski definition) is 6. The van der Waals surface area contributed by atoms with Crippen LogP contribution in [0.4, 0.5) is 21.0 Å². The van der Waals surface area contributed by atoms with Gasteiger partial charge in [0.25, 0.3) is 5.91 Å². The summed E-state index contributed by atoms with van der Waals surface area (Å²) in [6.07, 6.45) is -0.355. The monoisotopic (exact) mass is 449 g/mol. The first-order chi connectivity index (χ1) is 13.4. The second-order valence-corrected chi connectivity index (χ2v) is 9.03. The number of carbonyl (C=O) groups excluding carboxylic acids is 3. The molecular formula is C17H22N4NaO7S. The molecule has 3 N–H and O–H groups in total. The van der Waals surface area contributed by atoms with Gasteiger partial charge >= 0.3 is 22.4 Å². The number of nitrogens with one attached hydrogen (secondary N) is 2. The zero-order valence-corrected chi connectivity index (χ0v) is 19.9. The maximum absolute atomic E-state index is 12.5. The summed E-state index contributed by atoms with van der Waals surface area (Å²) in [5, 5.41) is 5.19. The van der Waals surface area contributed by atoms with Crippen LogP contribution in [0.25, 0.3) is 0 Å². The molecule has 13 heteroatoms. The van der Waals surface area contributed by atoms with Crippen LogP contribution in [0.5, 0.6) is 0 Å². The van der Waals surface area contributed by atoms with E-state index in [0.29, 0.717) is 15.7 Å². The summed E-state index contributed by atoms with van der Waals surface area (Å²) in [5.41, 5.74) is 0.262. The molecule has 0 spiro atoms. The number of anilines is 2. The van der Waals surface area contributed by atoms with Gasteiger partial charge in [-0.3, -0.25) is 14.7 Å². The van der Waals surface area contributed by atoms with E-state index in [-0.39, 0.29) is 42.5 Å². The standard InChI is InChI=1S/C17H22N4O7S.Na/c1-17(2,3)28-16(24)19-11-6-4-10(5-7-11)18-15(23)20-9-8-12-13(20)14(22)21(12)29(25,26)27;/h4-7,12-13H,8-9H2,1-3H3,(H,18,23)(H,19,24)(H,25,26,27);/t12-,13+;/m1./s1. The van der Waals surface area contributed by atoms with E-state index in [0.717, 1.165) is 0 Å². The van der Waals surface area contributed by atoms with E-state index in [1.165, 1.54) is 4.90 Å². The van der Waals surface area contributed by atoms with Gasteiger partial charge in [-0.25, -0.2) is 13.9 Å². The van der Waals surface area contributed by atoms with E-state index < -0.39 is 46.0 Å². The largest absolute Gasteiger partial charge is 0.444 e. The molecule has 2 atom stereocenters. The first kappa shape index (κ1) is 24.4. The van der Waals surface area contributed by atoms with Crippen molar-refractivity contribution in [1.82, 2.24) is 9.21 Å². The van der Waals surface area contributed by atoms with E-state index in [4.69, 9.17) is 9.29 Å². The Labute approximate surface area is 196 Å². The molecule has 0 bridgehead atoms. The number of rotatable bonds is 3. The van der Waals surface area contributed by atoms with Gasteiger partial charge in [-0.15, -0.1) is 0 Å². The van der Waals surface area contributed by atoms with Crippen molar-refractivity contribution >= 4 is 69.3 Å². The molecule has 0 saturated carbocycles. The maximum atomic E-state index is 12.5. The Morgan fingerprint density at radius 2 is 1.67 bits per heavy atom. The van der Waals surface area contributed by atoms with Gasteiger partial charge in [0, 0.05) is 47.5 Å². The first-order valence-corrected chi connectivity index (χ1v) is 10.2. The molecule has 2 heterocycles. The van der Waals surface area contributed by atoms with Crippen molar-refractivity contribution in [1.29, 1.82) is 0 Å². The van der Waals surface area contributed by atoms with Crippen molar-refractivity contribution in [3.05, 3.63) is 24.3 Å². The fraction of sp³-hybridized carbons (Fsp3) is 0.471. The molecule has 2 fully saturated rings. The second kappa shape index (κ2) is 8.71. The molecular weight excluding hydrogens is 427 g/mol. The van der Waals surface area contributed by atoms with Crippen LogP contribution < -0.4 is 10.6 Å². The molecule has 159 valence electrons. The van der Waals surface area contributed by atoms with Gasteiger partial charge in [0.05, 0.1) is 6.04 Å². The molecule has 0 unspecified atom stereocenters. The molecule has 0 aromatic heterocycles. The van der Waals surface area contributed by atoms with Crippen LogP contribution in [-0.2, 0) is 19.8 Å². The van der Waals surface area contributed by atoms with E-state index in [2.05, 4.69) is 10.6 Å². The number of carbonyl (C=O) groups is 3. The quantitative estimate of drug-likeness (QED) is 0.358. The Morgan fingerprint density at radius 1 is 1.13 bits per heavy atom. The van der Waals surface area contributed by atoms with Crippen molar-refractivity contribution in [3.8, 4) is 0 Å². The molecule has 0 aliphatic carbocycles. The second-order valence-electron chi connectivity index (χ2n) is 7.74. The summed E-state index contributed by atoms with van der Waals surface area (Å²) < 4.78 is 37.1. The van der Waals surface area contributed by atoms with Gasteiger partial charge in [0.1, 0.15) is 11.6 Å². The third-order valence-electron chi connectivity index (χ3n) is 4.43. The summed E-state index contributed by atoms with van der Waals surface area (Å²) in [6.45, 7) is 5.42. The Morgan fingerprint density at radius 3 is 2.17 bits per heavy atom. The van der Waals surface area contributed by atoms with Crippen LogP contribution in [0.2, 0.25) is 0 Å². The number of benzene rings is 1. The van der Waals surface area contributed by atoms with Gasteiger partial charge in [0.2, 0.25) is 0 Å². The zero-order valence-electron chi connectivity index (χ0n) is 17.1. The molecule has 3 rings (SSSR count). The van der Waals surface area contributed by atoms with E-state index >= 15 is 0 Å². The molecule has 2 aliphatic heterocycles. The first-order valence-electron chi connectivity index (χ1n) is 8.85. The smallest absolute Gasteiger partial charge is 0.412 e. The van der Waals surface area contributed by atoms with Crippen molar-refractivity contribution in [2.24, 2.45) is 0 Å². The van der Waals surface area contributed by atoms with Crippen LogP contribution in [0.1, 0.15) is 27.2 Å². The summed E-state index contributed by atoms with van der Waals surface area (Å²) in [4.78, 5) is 37.5. The van der Waals surface area contributed by atoms with Crippen LogP contribution in [0, 0.1) is 0 Å². The van der Waals surface area contributed by atoms with Gasteiger partial charge in [-0.1, -0.05) is 0 Å². The Kier molecular flexibility index (Phi) is 7.09. The normalized spacial score (nSPS) is 20.6. The molecule has 2 aliphatic rings. The van der Waals surface area contributed by atoms with E-state index in [1.807, 2.05) is 0 Å². The minimum atomic E-state index is -4.62. The molecule has 4 amide bonds.